The van der Waals surface area contributed by atoms with E-state index in [2.05, 4.69) is 50.4 Å². The Morgan fingerprint density at radius 1 is 1.18 bits per heavy atom. The zero-order chi connectivity index (χ0) is 20.5. The number of carbonyl (C=O) groups excluding carboxylic acids is 2. The van der Waals surface area contributed by atoms with E-state index in [4.69, 9.17) is 0 Å². The van der Waals surface area contributed by atoms with E-state index >= 15 is 0 Å². The lowest BCUT2D eigenvalue weighted by Crippen LogP contribution is -2.44. The van der Waals surface area contributed by atoms with Gasteiger partial charge >= 0.3 is 0 Å². The molecule has 152 valence electrons. The van der Waals surface area contributed by atoms with Crippen molar-refractivity contribution >= 4 is 44.2 Å². The van der Waals surface area contributed by atoms with E-state index in [1.165, 1.54) is 16.2 Å². The molecule has 0 fully saturated rings. The number of carbonyl (C=O) groups is 2. The molecule has 0 saturated carbocycles. The minimum atomic E-state index is -0.585. The Kier molecular flexibility index (Phi) is 9.05. The number of rotatable bonds is 10. The summed E-state index contributed by atoms with van der Waals surface area (Å²) in [6, 6.07) is 1.26. The van der Waals surface area contributed by atoms with Crippen molar-refractivity contribution in [3.63, 3.8) is 0 Å². The van der Waals surface area contributed by atoms with Crippen LogP contribution < -0.4 is 10.6 Å². The molecule has 8 heteroatoms. The van der Waals surface area contributed by atoms with Gasteiger partial charge in [0.15, 0.2) is 5.13 Å². The highest BCUT2D eigenvalue weighted by molar-refractivity contribution is 9.10. The molecule has 2 rings (SSSR count). The van der Waals surface area contributed by atoms with E-state index in [-0.39, 0.29) is 18.2 Å². The third-order valence-corrected chi connectivity index (χ3v) is 6.01. The van der Waals surface area contributed by atoms with Gasteiger partial charge in [0.05, 0.1) is 6.42 Å². The average Bonchev–Trinajstić information content (AvgIpc) is 3.10. The molecular formula is C20H27BrN4O2S. The summed E-state index contributed by atoms with van der Waals surface area (Å²) < 4.78 is 0.817. The molecule has 0 bridgehead atoms. The number of halogens is 1. The zero-order valence-corrected chi connectivity index (χ0v) is 18.9. The molecule has 2 amide bonds. The lowest BCUT2D eigenvalue weighted by molar-refractivity contribution is -0.126. The Balaban J connectivity index is 1.98. The largest absolute Gasteiger partial charge is 0.344 e. The molecule has 28 heavy (non-hydrogen) atoms. The van der Waals surface area contributed by atoms with Gasteiger partial charge in [0, 0.05) is 27.9 Å². The molecular weight excluding hydrogens is 440 g/mol. The SMILES string of the molecule is CCCC(NC(=O)Cc1cncc(Br)c1)C(=O)Nc1ncc(C(CC)CC)s1. The first kappa shape index (κ1) is 22.5. The van der Waals surface area contributed by atoms with Gasteiger partial charge in [-0.1, -0.05) is 27.2 Å². The van der Waals surface area contributed by atoms with Crippen LogP contribution in [0, 0.1) is 0 Å². The van der Waals surface area contributed by atoms with Gasteiger partial charge < -0.3 is 10.6 Å². The van der Waals surface area contributed by atoms with Gasteiger partial charge in [-0.2, -0.15) is 0 Å². The third-order valence-electron chi connectivity index (χ3n) is 4.50. The summed E-state index contributed by atoms with van der Waals surface area (Å²) in [5.74, 6) is 0.0338. The Morgan fingerprint density at radius 3 is 2.57 bits per heavy atom. The van der Waals surface area contributed by atoms with Gasteiger partial charge in [-0.3, -0.25) is 14.6 Å². The smallest absolute Gasteiger partial charge is 0.248 e. The molecule has 2 N–H and O–H groups in total. The molecule has 0 spiro atoms. The van der Waals surface area contributed by atoms with Gasteiger partial charge in [-0.15, -0.1) is 11.3 Å². The number of nitrogens with one attached hydrogen (secondary N) is 2. The van der Waals surface area contributed by atoms with Gasteiger partial charge in [0.2, 0.25) is 11.8 Å². The van der Waals surface area contributed by atoms with E-state index in [1.54, 1.807) is 12.4 Å². The lowest BCUT2D eigenvalue weighted by atomic mass is 10.0. The van der Waals surface area contributed by atoms with Crippen LogP contribution >= 0.6 is 27.3 Å². The molecule has 0 aliphatic rings. The monoisotopic (exact) mass is 466 g/mol. The number of hydrogen-bond donors (Lipinski definition) is 2. The highest BCUT2D eigenvalue weighted by Crippen LogP contribution is 2.30. The molecule has 6 nitrogen and oxygen atoms in total. The Morgan fingerprint density at radius 2 is 1.93 bits per heavy atom. The number of thiazole rings is 1. The van der Waals surface area contributed by atoms with Gasteiger partial charge in [0.1, 0.15) is 6.04 Å². The fourth-order valence-electron chi connectivity index (χ4n) is 2.96. The summed E-state index contributed by atoms with van der Waals surface area (Å²) in [5.41, 5.74) is 0.789. The second-order valence-electron chi connectivity index (χ2n) is 6.67. The van der Waals surface area contributed by atoms with Crippen molar-refractivity contribution < 1.29 is 9.59 Å². The number of hydrogen-bond acceptors (Lipinski definition) is 5. The van der Waals surface area contributed by atoms with Crippen LogP contribution in [0.25, 0.3) is 0 Å². The third kappa shape index (κ3) is 6.67. The zero-order valence-electron chi connectivity index (χ0n) is 16.5. The summed E-state index contributed by atoms with van der Waals surface area (Å²) in [6.07, 6.45) is 8.78. The molecule has 0 saturated heterocycles. The minimum Gasteiger partial charge on any atom is -0.344 e. The van der Waals surface area contributed by atoms with Crippen molar-refractivity contribution in [3.05, 3.63) is 39.6 Å². The maximum absolute atomic E-state index is 12.7. The van der Waals surface area contributed by atoms with Crippen molar-refractivity contribution in [2.75, 3.05) is 5.32 Å². The van der Waals surface area contributed by atoms with Crippen LogP contribution in [0.5, 0.6) is 0 Å². The summed E-state index contributed by atoms with van der Waals surface area (Å²) in [6.45, 7) is 6.29. The summed E-state index contributed by atoms with van der Waals surface area (Å²) in [7, 11) is 0. The Hall–Kier alpha value is -1.80. The first-order valence-corrected chi connectivity index (χ1v) is 11.2. The number of amides is 2. The number of pyridine rings is 1. The van der Waals surface area contributed by atoms with Crippen molar-refractivity contribution in [2.45, 2.75) is 64.8 Å². The van der Waals surface area contributed by atoms with Crippen LogP contribution in [0.1, 0.15) is 62.8 Å². The van der Waals surface area contributed by atoms with E-state index in [1.807, 2.05) is 19.2 Å². The van der Waals surface area contributed by atoms with E-state index in [0.717, 1.165) is 29.3 Å². The number of aromatic nitrogens is 2. The van der Waals surface area contributed by atoms with E-state index in [0.29, 0.717) is 17.5 Å². The van der Waals surface area contributed by atoms with Crippen molar-refractivity contribution in [2.24, 2.45) is 0 Å². The maximum atomic E-state index is 12.7. The van der Waals surface area contributed by atoms with E-state index in [9.17, 15) is 9.59 Å². The molecule has 2 heterocycles. The predicted molar refractivity (Wildman–Crippen MR) is 117 cm³/mol. The highest BCUT2D eigenvalue weighted by atomic mass is 79.9. The summed E-state index contributed by atoms with van der Waals surface area (Å²) >= 11 is 4.85. The van der Waals surface area contributed by atoms with Crippen LogP contribution in [0.2, 0.25) is 0 Å². The maximum Gasteiger partial charge on any atom is 0.248 e. The summed E-state index contributed by atoms with van der Waals surface area (Å²) in [4.78, 5) is 34.6. The first-order valence-electron chi connectivity index (χ1n) is 9.62. The van der Waals surface area contributed by atoms with Crippen molar-refractivity contribution in [3.8, 4) is 0 Å². The highest BCUT2D eigenvalue weighted by Gasteiger charge is 2.22. The Labute approximate surface area is 178 Å². The van der Waals surface area contributed by atoms with Crippen LogP contribution in [-0.4, -0.2) is 27.8 Å². The van der Waals surface area contributed by atoms with Gasteiger partial charge in [-0.25, -0.2) is 4.98 Å². The molecule has 0 radical (unpaired) electrons. The van der Waals surface area contributed by atoms with E-state index < -0.39 is 6.04 Å². The van der Waals surface area contributed by atoms with Gasteiger partial charge in [0.25, 0.3) is 0 Å². The molecule has 0 aromatic carbocycles. The van der Waals surface area contributed by atoms with Crippen LogP contribution in [0.15, 0.2) is 29.1 Å². The molecule has 1 atom stereocenters. The second-order valence-corrected chi connectivity index (χ2v) is 8.65. The van der Waals surface area contributed by atoms with Crippen molar-refractivity contribution in [1.29, 1.82) is 0 Å². The molecule has 2 aromatic rings. The predicted octanol–water partition coefficient (Wildman–Crippen LogP) is 4.67. The molecule has 2 aromatic heterocycles. The number of anilines is 1. The topological polar surface area (TPSA) is 84.0 Å². The number of nitrogens with zero attached hydrogens (tertiary/aromatic N) is 2. The summed E-state index contributed by atoms with van der Waals surface area (Å²) in [5, 5.41) is 6.29. The minimum absolute atomic E-state index is 0.177. The van der Waals surface area contributed by atoms with Crippen LogP contribution in [0.3, 0.4) is 0 Å². The fraction of sp³-hybridized carbons (Fsp3) is 0.500. The van der Waals surface area contributed by atoms with Gasteiger partial charge in [-0.05, 0) is 52.7 Å². The normalized spacial score (nSPS) is 12.0. The molecule has 0 aliphatic carbocycles. The van der Waals surface area contributed by atoms with Crippen LogP contribution in [-0.2, 0) is 16.0 Å². The Bertz CT molecular complexity index is 792. The fourth-order valence-corrected chi connectivity index (χ4v) is 4.46. The van der Waals surface area contributed by atoms with Crippen LogP contribution in [0.4, 0.5) is 5.13 Å². The standard InChI is InChI=1S/C20H27BrN4O2S/c1-4-7-16(24-18(26)9-13-8-15(21)11-22-10-13)19(27)25-20-23-12-17(28-20)14(5-2)6-3/h8,10-12,14,16H,4-7,9H2,1-3H3,(H,24,26)(H,23,25,27). The molecule has 1 unspecified atom stereocenters. The second kappa shape index (κ2) is 11.3. The average molecular weight is 467 g/mol. The van der Waals surface area contributed by atoms with Crippen molar-refractivity contribution in [1.82, 2.24) is 15.3 Å². The molecule has 0 aliphatic heterocycles. The quantitative estimate of drug-likeness (QED) is 0.532. The lowest BCUT2D eigenvalue weighted by Gasteiger charge is -2.17. The first-order chi connectivity index (χ1) is 13.5.